The highest BCUT2D eigenvalue weighted by Gasteiger charge is 2.41. The highest BCUT2D eigenvalue weighted by molar-refractivity contribution is 4.96. The largest absolute Gasteiger partial charge is 0.377 e. The lowest BCUT2D eigenvalue weighted by Crippen LogP contribution is -2.44. The zero-order valence-corrected chi connectivity index (χ0v) is 12.5. The van der Waals surface area contributed by atoms with Gasteiger partial charge in [0, 0.05) is 25.7 Å². The molecule has 0 aromatic rings. The molecule has 106 valence electrons. The van der Waals surface area contributed by atoms with Gasteiger partial charge in [0.25, 0.3) is 0 Å². The third kappa shape index (κ3) is 3.25. The van der Waals surface area contributed by atoms with E-state index in [1.54, 1.807) is 0 Å². The summed E-state index contributed by atoms with van der Waals surface area (Å²) in [5, 5.41) is 3.55. The van der Waals surface area contributed by atoms with Crippen LogP contribution in [0.5, 0.6) is 0 Å². The van der Waals surface area contributed by atoms with E-state index in [4.69, 9.17) is 4.74 Å². The second-order valence-electron chi connectivity index (χ2n) is 6.91. The molecule has 0 spiro atoms. The fraction of sp³-hybridized carbons (Fsp3) is 1.00. The Morgan fingerprint density at radius 2 is 2.06 bits per heavy atom. The quantitative estimate of drug-likeness (QED) is 0.813. The van der Waals surface area contributed by atoms with E-state index in [1.165, 1.54) is 32.2 Å². The first-order valence-electron chi connectivity index (χ1n) is 7.50. The van der Waals surface area contributed by atoms with Gasteiger partial charge >= 0.3 is 0 Å². The van der Waals surface area contributed by atoms with Crippen molar-refractivity contribution in [1.82, 2.24) is 10.2 Å². The number of hydrogen-bond acceptors (Lipinski definition) is 3. The summed E-state index contributed by atoms with van der Waals surface area (Å²) in [6, 6.07) is 0.657. The molecular formula is C15H30N2O. The monoisotopic (exact) mass is 254 g/mol. The van der Waals surface area contributed by atoms with Crippen molar-refractivity contribution in [2.24, 2.45) is 11.3 Å². The molecule has 3 nitrogen and oxygen atoms in total. The molecule has 2 rings (SSSR count). The summed E-state index contributed by atoms with van der Waals surface area (Å²) in [5.41, 5.74) is 0.449. The number of hydrogen-bond donors (Lipinski definition) is 1. The van der Waals surface area contributed by atoms with Crippen molar-refractivity contribution in [3.8, 4) is 0 Å². The molecule has 1 heterocycles. The van der Waals surface area contributed by atoms with Crippen molar-refractivity contribution in [2.75, 3.05) is 33.8 Å². The lowest BCUT2D eigenvalue weighted by molar-refractivity contribution is 0.0742. The highest BCUT2D eigenvalue weighted by atomic mass is 16.5. The van der Waals surface area contributed by atoms with Gasteiger partial charge < -0.3 is 15.0 Å². The van der Waals surface area contributed by atoms with Crippen molar-refractivity contribution >= 4 is 0 Å². The zero-order valence-electron chi connectivity index (χ0n) is 12.5. The van der Waals surface area contributed by atoms with E-state index in [0.29, 0.717) is 17.6 Å². The van der Waals surface area contributed by atoms with E-state index >= 15 is 0 Å². The van der Waals surface area contributed by atoms with E-state index in [-0.39, 0.29) is 0 Å². The maximum Gasteiger partial charge on any atom is 0.0702 e. The molecule has 3 heteroatoms. The van der Waals surface area contributed by atoms with Crippen LogP contribution in [0.25, 0.3) is 0 Å². The standard InChI is InChI=1S/C15H30N2O/c1-15(2)8-7-12(14(15)16-3)10-17(4)11-13-6-5-9-18-13/h12-14,16H,5-11H2,1-4H3. The minimum atomic E-state index is 0.449. The summed E-state index contributed by atoms with van der Waals surface area (Å²) in [6.07, 6.45) is 5.67. The van der Waals surface area contributed by atoms with Crippen molar-refractivity contribution in [1.29, 1.82) is 0 Å². The van der Waals surface area contributed by atoms with Gasteiger partial charge in [-0.3, -0.25) is 0 Å². The zero-order chi connectivity index (χ0) is 13.2. The smallest absolute Gasteiger partial charge is 0.0702 e. The average molecular weight is 254 g/mol. The number of ether oxygens (including phenoxy) is 1. The van der Waals surface area contributed by atoms with Gasteiger partial charge in [-0.15, -0.1) is 0 Å². The maximum absolute atomic E-state index is 5.72. The molecule has 3 atom stereocenters. The number of likely N-dealkylation sites (N-methyl/N-ethyl adjacent to an activating group) is 1. The summed E-state index contributed by atoms with van der Waals surface area (Å²) >= 11 is 0. The van der Waals surface area contributed by atoms with Crippen LogP contribution in [0, 0.1) is 11.3 Å². The van der Waals surface area contributed by atoms with Crippen LogP contribution in [-0.2, 0) is 4.74 Å². The number of nitrogens with zero attached hydrogens (tertiary/aromatic N) is 1. The Balaban J connectivity index is 1.81. The molecule has 1 saturated carbocycles. The topological polar surface area (TPSA) is 24.5 Å². The molecule has 18 heavy (non-hydrogen) atoms. The molecule has 0 aromatic heterocycles. The second kappa shape index (κ2) is 5.89. The summed E-state index contributed by atoms with van der Waals surface area (Å²) in [7, 11) is 4.37. The molecule has 1 aliphatic heterocycles. The van der Waals surface area contributed by atoms with Crippen LogP contribution in [0.4, 0.5) is 0 Å². The third-order valence-corrected chi connectivity index (χ3v) is 4.87. The fourth-order valence-corrected chi connectivity index (χ4v) is 3.95. The summed E-state index contributed by atoms with van der Waals surface area (Å²) in [4.78, 5) is 2.48. The van der Waals surface area contributed by atoms with Crippen molar-refractivity contribution in [3.63, 3.8) is 0 Å². The third-order valence-electron chi connectivity index (χ3n) is 4.87. The summed E-state index contributed by atoms with van der Waals surface area (Å²) in [5.74, 6) is 0.788. The lowest BCUT2D eigenvalue weighted by atomic mass is 9.85. The van der Waals surface area contributed by atoms with Gasteiger partial charge in [0.15, 0.2) is 0 Å². The van der Waals surface area contributed by atoms with Crippen LogP contribution >= 0.6 is 0 Å². The van der Waals surface area contributed by atoms with E-state index < -0.39 is 0 Å². The number of rotatable bonds is 5. The molecule has 1 saturated heterocycles. The van der Waals surface area contributed by atoms with Crippen LogP contribution in [0.1, 0.15) is 39.5 Å². The molecule has 1 aliphatic carbocycles. The maximum atomic E-state index is 5.72. The van der Waals surface area contributed by atoms with Crippen molar-refractivity contribution < 1.29 is 4.74 Å². The van der Waals surface area contributed by atoms with Gasteiger partial charge in [-0.05, 0) is 51.1 Å². The Bertz CT molecular complexity index is 261. The molecule has 3 unspecified atom stereocenters. The van der Waals surface area contributed by atoms with Crippen LogP contribution in [0.2, 0.25) is 0 Å². The van der Waals surface area contributed by atoms with Gasteiger partial charge in [-0.2, -0.15) is 0 Å². The van der Waals surface area contributed by atoms with Crippen molar-refractivity contribution in [3.05, 3.63) is 0 Å². The SMILES string of the molecule is CNC1C(CN(C)CC2CCCO2)CCC1(C)C. The predicted octanol–water partition coefficient (Wildman–Crippen LogP) is 2.12. The normalized spacial score (nSPS) is 35.5. The van der Waals surface area contributed by atoms with Gasteiger partial charge in [0.1, 0.15) is 0 Å². The van der Waals surface area contributed by atoms with Gasteiger partial charge in [0.2, 0.25) is 0 Å². The molecule has 2 fully saturated rings. The Kier molecular flexibility index (Phi) is 4.68. The molecule has 0 bridgehead atoms. The van der Waals surface area contributed by atoms with E-state index in [0.717, 1.165) is 19.1 Å². The first-order valence-corrected chi connectivity index (χ1v) is 7.50. The molecular weight excluding hydrogens is 224 g/mol. The first-order chi connectivity index (χ1) is 8.53. The molecule has 2 aliphatic rings. The minimum Gasteiger partial charge on any atom is -0.377 e. The first kappa shape index (κ1) is 14.3. The van der Waals surface area contributed by atoms with Gasteiger partial charge in [-0.1, -0.05) is 13.8 Å². The van der Waals surface area contributed by atoms with Crippen LogP contribution in [0.3, 0.4) is 0 Å². The number of nitrogens with one attached hydrogen (secondary N) is 1. The highest BCUT2D eigenvalue weighted by Crippen LogP contribution is 2.41. The molecule has 1 N–H and O–H groups in total. The Labute approximate surface area is 112 Å². The fourth-order valence-electron chi connectivity index (χ4n) is 3.95. The van der Waals surface area contributed by atoms with Crippen LogP contribution in [-0.4, -0.2) is 50.8 Å². The van der Waals surface area contributed by atoms with E-state index in [1.807, 2.05) is 0 Å². The Morgan fingerprint density at radius 1 is 1.28 bits per heavy atom. The predicted molar refractivity (Wildman–Crippen MR) is 75.8 cm³/mol. The summed E-state index contributed by atoms with van der Waals surface area (Å²) < 4.78 is 5.72. The van der Waals surface area contributed by atoms with Gasteiger partial charge in [-0.25, -0.2) is 0 Å². The lowest BCUT2D eigenvalue weighted by Gasteiger charge is -2.33. The average Bonchev–Trinajstić information content (AvgIpc) is 2.87. The minimum absolute atomic E-state index is 0.449. The van der Waals surface area contributed by atoms with E-state index in [9.17, 15) is 0 Å². The van der Waals surface area contributed by atoms with E-state index in [2.05, 4.69) is 38.2 Å². The van der Waals surface area contributed by atoms with Crippen LogP contribution in [0.15, 0.2) is 0 Å². The molecule has 0 radical (unpaired) electrons. The molecule has 0 amide bonds. The molecule has 0 aromatic carbocycles. The van der Waals surface area contributed by atoms with Crippen molar-refractivity contribution in [2.45, 2.75) is 51.7 Å². The Hall–Kier alpha value is -0.120. The Morgan fingerprint density at radius 3 is 2.67 bits per heavy atom. The summed E-state index contributed by atoms with van der Waals surface area (Å²) in [6.45, 7) is 8.07. The van der Waals surface area contributed by atoms with Gasteiger partial charge in [0.05, 0.1) is 6.10 Å². The second-order valence-corrected chi connectivity index (χ2v) is 6.91. The van der Waals surface area contributed by atoms with Crippen LogP contribution < -0.4 is 5.32 Å².